The number of nitrogen functional groups attached to an aromatic ring is 1. The van der Waals surface area contributed by atoms with Crippen molar-refractivity contribution < 1.29 is 9.21 Å². The van der Waals surface area contributed by atoms with E-state index in [0.29, 0.717) is 18.0 Å². The van der Waals surface area contributed by atoms with Gasteiger partial charge in [0.25, 0.3) is 5.56 Å². The average molecular weight is 330 g/mol. The second kappa shape index (κ2) is 6.49. The van der Waals surface area contributed by atoms with Gasteiger partial charge in [-0.15, -0.1) is 11.3 Å². The van der Waals surface area contributed by atoms with Gasteiger partial charge in [-0.2, -0.15) is 5.10 Å². The van der Waals surface area contributed by atoms with E-state index in [4.69, 9.17) is 10.2 Å². The van der Waals surface area contributed by atoms with E-state index in [-0.39, 0.29) is 18.1 Å². The van der Waals surface area contributed by atoms with Gasteiger partial charge in [-0.25, -0.2) is 4.68 Å². The van der Waals surface area contributed by atoms with Crippen molar-refractivity contribution in [3.63, 3.8) is 0 Å². The van der Waals surface area contributed by atoms with E-state index in [1.807, 2.05) is 17.5 Å². The summed E-state index contributed by atoms with van der Waals surface area (Å²) in [5.41, 5.74) is 5.61. The fourth-order valence-electron chi connectivity index (χ4n) is 2.01. The molecule has 3 aromatic rings. The molecule has 1 amide bonds. The number of rotatable bonds is 5. The molecule has 8 heteroatoms. The summed E-state index contributed by atoms with van der Waals surface area (Å²) in [6.45, 7) is 0.210. The predicted octanol–water partition coefficient (Wildman–Crippen LogP) is 1.46. The van der Waals surface area contributed by atoms with Gasteiger partial charge in [0.15, 0.2) is 5.76 Å². The van der Waals surface area contributed by atoms with Crippen LogP contribution in [0.5, 0.6) is 0 Å². The lowest BCUT2D eigenvalue weighted by molar-refractivity contribution is -0.122. The zero-order valence-corrected chi connectivity index (χ0v) is 12.9. The van der Waals surface area contributed by atoms with E-state index in [0.717, 1.165) is 9.56 Å². The number of amides is 1. The highest BCUT2D eigenvalue weighted by Crippen LogP contribution is 2.17. The van der Waals surface area contributed by atoms with Crippen LogP contribution in [0.15, 0.2) is 51.2 Å². The van der Waals surface area contributed by atoms with Crippen molar-refractivity contribution in [2.45, 2.75) is 13.1 Å². The highest BCUT2D eigenvalue weighted by atomic mass is 32.1. The SMILES string of the molecule is Nc1cc(-c2ccco2)nn(CC(=O)NCc2cccs2)c1=O. The van der Waals surface area contributed by atoms with Crippen LogP contribution in [0.4, 0.5) is 5.69 Å². The topological polar surface area (TPSA) is 103 Å². The Bertz CT molecular complexity index is 853. The minimum Gasteiger partial charge on any atom is -0.463 e. The molecular formula is C15H14N4O3S. The van der Waals surface area contributed by atoms with Gasteiger partial charge in [0.2, 0.25) is 5.91 Å². The summed E-state index contributed by atoms with van der Waals surface area (Å²) in [5.74, 6) is 0.161. The molecule has 0 radical (unpaired) electrons. The fraction of sp³-hybridized carbons (Fsp3) is 0.133. The van der Waals surface area contributed by atoms with E-state index in [1.54, 1.807) is 23.5 Å². The summed E-state index contributed by atoms with van der Waals surface area (Å²) < 4.78 is 6.28. The summed E-state index contributed by atoms with van der Waals surface area (Å²) >= 11 is 1.55. The Morgan fingerprint density at radius 3 is 2.96 bits per heavy atom. The van der Waals surface area contributed by atoms with Crippen molar-refractivity contribution >= 4 is 22.9 Å². The number of anilines is 1. The monoisotopic (exact) mass is 330 g/mol. The molecule has 0 spiro atoms. The molecule has 3 rings (SSSR count). The third kappa shape index (κ3) is 3.49. The van der Waals surface area contributed by atoms with Crippen LogP contribution in [0.1, 0.15) is 4.88 Å². The summed E-state index contributed by atoms with van der Waals surface area (Å²) in [5, 5.41) is 8.81. The number of hydrogen-bond acceptors (Lipinski definition) is 6. The average Bonchev–Trinajstić information content (AvgIpc) is 3.22. The molecule has 0 bridgehead atoms. The number of nitrogens with zero attached hydrogens (tertiary/aromatic N) is 2. The maximum atomic E-state index is 12.0. The minimum absolute atomic E-state index is 0.0115. The number of aromatic nitrogens is 2. The van der Waals surface area contributed by atoms with Crippen molar-refractivity contribution in [1.82, 2.24) is 15.1 Å². The fourth-order valence-corrected chi connectivity index (χ4v) is 2.65. The van der Waals surface area contributed by atoms with E-state index < -0.39 is 5.56 Å². The van der Waals surface area contributed by atoms with Crippen LogP contribution in [-0.4, -0.2) is 15.7 Å². The molecule has 0 aliphatic carbocycles. The smallest absolute Gasteiger partial charge is 0.290 e. The normalized spacial score (nSPS) is 10.6. The zero-order valence-electron chi connectivity index (χ0n) is 12.1. The van der Waals surface area contributed by atoms with Crippen molar-refractivity contribution in [2.24, 2.45) is 0 Å². The van der Waals surface area contributed by atoms with Crippen molar-refractivity contribution in [3.05, 3.63) is 57.2 Å². The van der Waals surface area contributed by atoms with Gasteiger partial charge in [0, 0.05) is 4.88 Å². The number of hydrogen-bond donors (Lipinski definition) is 2. The molecule has 0 aromatic carbocycles. The predicted molar refractivity (Wildman–Crippen MR) is 86.8 cm³/mol. The second-order valence-electron chi connectivity index (χ2n) is 4.78. The number of thiophene rings is 1. The highest BCUT2D eigenvalue weighted by Gasteiger charge is 2.12. The Balaban J connectivity index is 1.76. The third-order valence-corrected chi connectivity index (χ3v) is 3.99. The van der Waals surface area contributed by atoms with E-state index in [9.17, 15) is 9.59 Å². The summed E-state index contributed by atoms with van der Waals surface area (Å²) in [6.07, 6.45) is 1.50. The van der Waals surface area contributed by atoms with Crippen molar-refractivity contribution in [1.29, 1.82) is 0 Å². The molecule has 7 nitrogen and oxygen atoms in total. The first-order valence-corrected chi connectivity index (χ1v) is 7.72. The van der Waals surface area contributed by atoms with Gasteiger partial charge in [-0.3, -0.25) is 9.59 Å². The van der Waals surface area contributed by atoms with Crippen LogP contribution in [0, 0.1) is 0 Å². The van der Waals surface area contributed by atoms with Crippen LogP contribution in [-0.2, 0) is 17.9 Å². The number of carbonyl (C=O) groups excluding carboxylic acids is 1. The van der Waals surface area contributed by atoms with Crippen molar-refractivity contribution in [2.75, 3.05) is 5.73 Å². The Labute approximate surface area is 135 Å². The molecule has 0 saturated heterocycles. The molecule has 0 aliphatic rings. The first kappa shape index (κ1) is 15.0. The molecule has 0 unspecified atom stereocenters. The Morgan fingerprint density at radius 1 is 1.39 bits per heavy atom. The molecular weight excluding hydrogens is 316 g/mol. The summed E-state index contributed by atoms with van der Waals surface area (Å²) in [6, 6.07) is 8.67. The lowest BCUT2D eigenvalue weighted by Crippen LogP contribution is -2.34. The molecule has 0 atom stereocenters. The van der Waals surface area contributed by atoms with Crippen LogP contribution < -0.4 is 16.6 Å². The number of carbonyl (C=O) groups is 1. The number of nitrogens with two attached hydrogens (primary N) is 1. The third-order valence-electron chi connectivity index (χ3n) is 3.11. The van der Waals surface area contributed by atoms with Gasteiger partial charge in [-0.1, -0.05) is 6.07 Å². The largest absolute Gasteiger partial charge is 0.463 e. The molecule has 23 heavy (non-hydrogen) atoms. The van der Waals surface area contributed by atoms with E-state index >= 15 is 0 Å². The highest BCUT2D eigenvalue weighted by molar-refractivity contribution is 7.09. The van der Waals surface area contributed by atoms with Gasteiger partial charge in [-0.05, 0) is 29.6 Å². The van der Waals surface area contributed by atoms with Gasteiger partial charge >= 0.3 is 0 Å². The minimum atomic E-state index is -0.508. The van der Waals surface area contributed by atoms with E-state index in [1.165, 1.54) is 12.3 Å². The standard InChI is InChI=1S/C15H14N4O3S/c16-11-7-12(13-4-1-5-22-13)18-19(15(11)21)9-14(20)17-8-10-3-2-6-23-10/h1-7H,8-9,16H2,(H,17,20). The summed E-state index contributed by atoms with van der Waals surface area (Å²) in [7, 11) is 0. The lowest BCUT2D eigenvalue weighted by atomic mass is 10.3. The molecule has 0 aliphatic heterocycles. The molecule has 3 heterocycles. The van der Waals surface area contributed by atoms with Crippen molar-refractivity contribution in [3.8, 4) is 11.5 Å². The first-order chi connectivity index (χ1) is 11.1. The Hall–Kier alpha value is -2.87. The Morgan fingerprint density at radius 2 is 2.26 bits per heavy atom. The maximum absolute atomic E-state index is 12.0. The molecule has 0 fully saturated rings. The van der Waals surface area contributed by atoms with E-state index in [2.05, 4.69) is 10.4 Å². The van der Waals surface area contributed by atoms with Gasteiger partial charge in [0.1, 0.15) is 17.9 Å². The summed E-state index contributed by atoms with van der Waals surface area (Å²) in [4.78, 5) is 25.1. The van der Waals surface area contributed by atoms with Crippen LogP contribution >= 0.6 is 11.3 Å². The van der Waals surface area contributed by atoms with Gasteiger partial charge < -0.3 is 15.5 Å². The number of furan rings is 1. The second-order valence-corrected chi connectivity index (χ2v) is 5.81. The molecule has 118 valence electrons. The lowest BCUT2D eigenvalue weighted by Gasteiger charge is -2.08. The molecule has 3 N–H and O–H groups in total. The van der Waals surface area contributed by atoms with Gasteiger partial charge in [0.05, 0.1) is 12.8 Å². The number of nitrogens with one attached hydrogen (secondary N) is 1. The molecule has 3 aromatic heterocycles. The zero-order chi connectivity index (χ0) is 16.2. The van der Waals surface area contributed by atoms with Crippen LogP contribution in [0.3, 0.4) is 0 Å². The molecule has 0 saturated carbocycles. The van der Waals surface area contributed by atoms with Crippen LogP contribution in [0.2, 0.25) is 0 Å². The van der Waals surface area contributed by atoms with Crippen LogP contribution in [0.25, 0.3) is 11.5 Å². The first-order valence-electron chi connectivity index (χ1n) is 6.84. The Kier molecular flexibility index (Phi) is 4.24. The maximum Gasteiger partial charge on any atom is 0.290 e. The quantitative estimate of drug-likeness (QED) is 0.737.